The zero-order valence-electron chi connectivity index (χ0n) is 12.4. The van der Waals surface area contributed by atoms with Crippen LogP contribution in [0.2, 0.25) is 0 Å². The van der Waals surface area contributed by atoms with E-state index in [9.17, 15) is 0 Å². The predicted octanol–water partition coefficient (Wildman–Crippen LogP) is 1.69. The first kappa shape index (κ1) is 15.9. The standard InChI is InChI=1S/C15H20BrN3O3/c16-12-1-2-14(17-10-12)15-9-13(22-18-15)11-21-8-5-19-3-6-20-7-4-19/h1-2,10,13H,3-9,11H2. The lowest BCUT2D eigenvalue weighted by atomic mass is 10.1. The highest BCUT2D eigenvalue weighted by atomic mass is 79.9. The Morgan fingerprint density at radius 3 is 2.95 bits per heavy atom. The number of oxime groups is 1. The minimum Gasteiger partial charge on any atom is -0.389 e. The number of aromatic nitrogens is 1. The van der Waals surface area contributed by atoms with Gasteiger partial charge in [0.2, 0.25) is 0 Å². The van der Waals surface area contributed by atoms with Gasteiger partial charge in [0.25, 0.3) is 0 Å². The van der Waals surface area contributed by atoms with E-state index in [0.717, 1.165) is 55.1 Å². The summed E-state index contributed by atoms with van der Waals surface area (Å²) >= 11 is 3.38. The molecule has 0 aliphatic carbocycles. The number of hydrogen-bond acceptors (Lipinski definition) is 6. The van der Waals surface area contributed by atoms with Crippen molar-refractivity contribution in [3.05, 3.63) is 28.5 Å². The van der Waals surface area contributed by atoms with Crippen LogP contribution in [0.1, 0.15) is 12.1 Å². The summed E-state index contributed by atoms with van der Waals surface area (Å²) in [6, 6.07) is 3.89. The molecule has 120 valence electrons. The Bertz CT molecular complexity index is 503. The third kappa shape index (κ3) is 4.49. The second-order valence-electron chi connectivity index (χ2n) is 5.36. The van der Waals surface area contributed by atoms with Crippen LogP contribution >= 0.6 is 15.9 Å². The summed E-state index contributed by atoms with van der Waals surface area (Å²) in [5.74, 6) is 0. The third-order valence-corrected chi connectivity index (χ3v) is 4.18. The molecular formula is C15H20BrN3O3. The smallest absolute Gasteiger partial charge is 0.156 e. The fraction of sp³-hybridized carbons (Fsp3) is 0.600. The Labute approximate surface area is 138 Å². The van der Waals surface area contributed by atoms with Crippen LogP contribution in [0, 0.1) is 0 Å². The molecule has 2 aliphatic heterocycles. The second-order valence-corrected chi connectivity index (χ2v) is 6.28. The Morgan fingerprint density at radius 2 is 2.18 bits per heavy atom. The molecule has 6 nitrogen and oxygen atoms in total. The van der Waals surface area contributed by atoms with Crippen molar-refractivity contribution in [2.24, 2.45) is 5.16 Å². The highest BCUT2D eigenvalue weighted by molar-refractivity contribution is 9.10. The minimum absolute atomic E-state index is 0.00913. The van der Waals surface area contributed by atoms with Crippen LogP contribution < -0.4 is 0 Å². The van der Waals surface area contributed by atoms with Gasteiger partial charge in [-0.25, -0.2) is 0 Å². The molecule has 1 unspecified atom stereocenters. The van der Waals surface area contributed by atoms with Gasteiger partial charge >= 0.3 is 0 Å². The first-order chi connectivity index (χ1) is 10.8. The lowest BCUT2D eigenvalue weighted by Gasteiger charge is -2.26. The molecule has 0 amide bonds. The molecule has 1 atom stereocenters. The Hall–Kier alpha value is -1.02. The normalized spacial score (nSPS) is 22.4. The zero-order valence-corrected chi connectivity index (χ0v) is 14.0. The summed E-state index contributed by atoms with van der Waals surface area (Å²) in [4.78, 5) is 12.1. The van der Waals surface area contributed by atoms with E-state index in [1.54, 1.807) is 6.20 Å². The maximum Gasteiger partial charge on any atom is 0.156 e. The highest BCUT2D eigenvalue weighted by Crippen LogP contribution is 2.17. The molecule has 1 aromatic rings. The van der Waals surface area contributed by atoms with Crippen molar-refractivity contribution in [3.8, 4) is 0 Å². The van der Waals surface area contributed by atoms with Crippen molar-refractivity contribution in [1.82, 2.24) is 9.88 Å². The summed E-state index contributed by atoms with van der Waals surface area (Å²) < 4.78 is 12.0. The number of pyridine rings is 1. The van der Waals surface area contributed by atoms with Crippen molar-refractivity contribution < 1.29 is 14.3 Å². The van der Waals surface area contributed by atoms with Crippen molar-refractivity contribution >= 4 is 21.6 Å². The molecule has 22 heavy (non-hydrogen) atoms. The van der Waals surface area contributed by atoms with E-state index in [1.807, 2.05) is 12.1 Å². The summed E-state index contributed by atoms with van der Waals surface area (Å²) in [6.45, 7) is 5.85. The summed E-state index contributed by atoms with van der Waals surface area (Å²) in [5, 5.41) is 4.12. The molecule has 0 bridgehead atoms. The minimum atomic E-state index is -0.00913. The van der Waals surface area contributed by atoms with E-state index < -0.39 is 0 Å². The van der Waals surface area contributed by atoms with Gasteiger partial charge in [-0.3, -0.25) is 9.88 Å². The number of nitrogens with zero attached hydrogens (tertiary/aromatic N) is 3. The van der Waals surface area contributed by atoms with Crippen LogP contribution in [0.5, 0.6) is 0 Å². The highest BCUT2D eigenvalue weighted by Gasteiger charge is 2.23. The van der Waals surface area contributed by atoms with Gasteiger partial charge in [0, 0.05) is 36.7 Å². The van der Waals surface area contributed by atoms with E-state index >= 15 is 0 Å². The van der Waals surface area contributed by atoms with E-state index in [2.05, 4.69) is 31.0 Å². The lowest BCUT2D eigenvalue weighted by Crippen LogP contribution is -2.38. The molecule has 0 aromatic carbocycles. The Balaban J connectivity index is 1.34. The van der Waals surface area contributed by atoms with Crippen molar-refractivity contribution in [2.75, 3.05) is 46.1 Å². The monoisotopic (exact) mass is 369 g/mol. The quantitative estimate of drug-likeness (QED) is 0.714. The maximum absolute atomic E-state index is 5.71. The van der Waals surface area contributed by atoms with Gasteiger partial charge in [0.15, 0.2) is 6.10 Å². The van der Waals surface area contributed by atoms with Crippen molar-refractivity contribution in [2.45, 2.75) is 12.5 Å². The summed E-state index contributed by atoms with van der Waals surface area (Å²) in [7, 11) is 0. The molecule has 2 aliphatic rings. The lowest BCUT2D eigenvalue weighted by molar-refractivity contribution is -0.0145. The van der Waals surface area contributed by atoms with Crippen molar-refractivity contribution in [1.29, 1.82) is 0 Å². The van der Waals surface area contributed by atoms with Crippen LogP contribution in [0.4, 0.5) is 0 Å². The van der Waals surface area contributed by atoms with Gasteiger partial charge in [-0.15, -0.1) is 0 Å². The molecular weight excluding hydrogens is 350 g/mol. The molecule has 0 spiro atoms. The number of hydrogen-bond donors (Lipinski definition) is 0. The zero-order chi connectivity index (χ0) is 15.2. The molecule has 3 rings (SSSR count). The van der Waals surface area contributed by atoms with E-state index in [4.69, 9.17) is 14.3 Å². The van der Waals surface area contributed by atoms with Crippen LogP contribution in [0.15, 0.2) is 28.0 Å². The molecule has 1 saturated heterocycles. The Morgan fingerprint density at radius 1 is 1.32 bits per heavy atom. The van der Waals surface area contributed by atoms with Crippen molar-refractivity contribution in [3.63, 3.8) is 0 Å². The molecule has 1 aromatic heterocycles. The average molecular weight is 370 g/mol. The second kappa shape index (κ2) is 8.01. The van der Waals surface area contributed by atoms with Crippen LogP contribution in [-0.2, 0) is 14.3 Å². The van der Waals surface area contributed by atoms with E-state index in [-0.39, 0.29) is 6.10 Å². The number of rotatable bonds is 6. The topological polar surface area (TPSA) is 56.2 Å². The van der Waals surface area contributed by atoms with E-state index in [1.165, 1.54) is 0 Å². The predicted molar refractivity (Wildman–Crippen MR) is 86.0 cm³/mol. The van der Waals surface area contributed by atoms with Gasteiger partial charge in [0.05, 0.1) is 32.1 Å². The van der Waals surface area contributed by atoms with Gasteiger partial charge in [-0.1, -0.05) is 5.16 Å². The van der Waals surface area contributed by atoms with Crippen LogP contribution in [-0.4, -0.2) is 67.8 Å². The van der Waals surface area contributed by atoms with Crippen LogP contribution in [0.3, 0.4) is 0 Å². The third-order valence-electron chi connectivity index (χ3n) is 3.72. The summed E-state index contributed by atoms with van der Waals surface area (Å²) in [5.41, 5.74) is 1.74. The fourth-order valence-electron chi connectivity index (χ4n) is 2.45. The molecule has 0 saturated carbocycles. The first-order valence-corrected chi connectivity index (χ1v) is 8.33. The Kier molecular flexibility index (Phi) is 5.77. The number of morpholine rings is 1. The van der Waals surface area contributed by atoms with Gasteiger partial charge in [-0.05, 0) is 28.1 Å². The van der Waals surface area contributed by atoms with Gasteiger partial charge in [-0.2, -0.15) is 0 Å². The van der Waals surface area contributed by atoms with E-state index in [0.29, 0.717) is 13.2 Å². The first-order valence-electron chi connectivity index (χ1n) is 7.54. The molecule has 0 N–H and O–H groups in total. The van der Waals surface area contributed by atoms with Gasteiger partial charge < -0.3 is 14.3 Å². The molecule has 0 radical (unpaired) electrons. The molecule has 3 heterocycles. The fourth-order valence-corrected chi connectivity index (χ4v) is 2.68. The molecule has 7 heteroatoms. The number of ether oxygens (including phenoxy) is 2. The largest absolute Gasteiger partial charge is 0.389 e. The number of halogens is 1. The summed E-state index contributed by atoms with van der Waals surface area (Å²) in [6.07, 6.45) is 2.50. The SMILES string of the molecule is Brc1ccc(C2=NOC(COCCN3CCOCC3)C2)nc1. The maximum atomic E-state index is 5.71. The average Bonchev–Trinajstić information content (AvgIpc) is 3.02. The van der Waals surface area contributed by atoms with Crippen LogP contribution in [0.25, 0.3) is 0 Å². The molecule has 1 fully saturated rings. The van der Waals surface area contributed by atoms with Gasteiger partial charge in [0.1, 0.15) is 5.71 Å².